The standard InChI is InChI=1S/C12H13F3N4O3/c1-5-10-16-2-6(19(10)18-4-17-5)8-7(13)9(21)12(3-20,22-8)11(14)15/h2,4,7-9,11,20-21H,3H2,1H3/t7-,8-,9-,12+/m0/s1. The van der Waals surface area contributed by atoms with Crippen molar-refractivity contribution < 1.29 is 28.1 Å². The summed E-state index contributed by atoms with van der Waals surface area (Å²) < 4.78 is 46.9. The van der Waals surface area contributed by atoms with Gasteiger partial charge in [-0.3, -0.25) is 0 Å². The lowest BCUT2D eigenvalue weighted by Crippen LogP contribution is -2.51. The molecule has 0 unspecified atom stereocenters. The minimum Gasteiger partial charge on any atom is -0.393 e. The van der Waals surface area contributed by atoms with Crippen LogP contribution in [-0.4, -0.2) is 60.7 Å². The topological polar surface area (TPSA) is 92.8 Å². The van der Waals surface area contributed by atoms with E-state index in [2.05, 4.69) is 15.1 Å². The van der Waals surface area contributed by atoms with Crippen LogP contribution in [-0.2, 0) is 4.74 Å². The molecule has 0 aliphatic carbocycles. The molecule has 1 aliphatic heterocycles. The molecule has 4 atom stereocenters. The highest BCUT2D eigenvalue weighted by molar-refractivity contribution is 5.43. The Labute approximate surface area is 122 Å². The molecular formula is C12H13F3N4O3. The second-order valence-corrected chi connectivity index (χ2v) is 5.11. The average molecular weight is 318 g/mol. The molecule has 0 aromatic carbocycles. The van der Waals surface area contributed by atoms with E-state index in [0.29, 0.717) is 11.3 Å². The molecule has 7 nitrogen and oxygen atoms in total. The van der Waals surface area contributed by atoms with Crippen molar-refractivity contribution in [3.05, 3.63) is 23.9 Å². The number of aliphatic hydroxyl groups excluding tert-OH is 2. The third-order valence-corrected chi connectivity index (χ3v) is 3.85. The fraction of sp³-hybridized carbons (Fsp3) is 0.583. The van der Waals surface area contributed by atoms with E-state index in [1.54, 1.807) is 6.92 Å². The van der Waals surface area contributed by atoms with Crippen LogP contribution in [0.5, 0.6) is 0 Å². The zero-order chi connectivity index (χ0) is 16.1. The maximum atomic E-state index is 14.3. The summed E-state index contributed by atoms with van der Waals surface area (Å²) in [5, 5.41) is 22.8. The molecule has 2 aromatic rings. The van der Waals surface area contributed by atoms with Gasteiger partial charge in [-0.15, -0.1) is 0 Å². The van der Waals surface area contributed by atoms with Gasteiger partial charge in [0.2, 0.25) is 0 Å². The number of ether oxygens (including phenoxy) is 1. The number of hydrogen-bond acceptors (Lipinski definition) is 6. The van der Waals surface area contributed by atoms with E-state index < -0.39 is 37.0 Å². The van der Waals surface area contributed by atoms with Crippen molar-refractivity contribution in [3.8, 4) is 0 Å². The molecule has 22 heavy (non-hydrogen) atoms. The number of imidazole rings is 1. The van der Waals surface area contributed by atoms with Crippen LogP contribution in [0.25, 0.3) is 5.65 Å². The minimum absolute atomic E-state index is 0.0584. The molecule has 0 radical (unpaired) electrons. The van der Waals surface area contributed by atoms with Gasteiger partial charge in [-0.2, -0.15) is 5.10 Å². The molecule has 0 saturated carbocycles. The number of halogens is 3. The number of aliphatic hydroxyl groups is 2. The van der Waals surface area contributed by atoms with Crippen LogP contribution in [0.2, 0.25) is 0 Å². The van der Waals surface area contributed by atoms with Crippen molar-refractivity contribution >= 4 is 5.65 Å². The Hall–Kier alpha value is -1.78. The van der Waals surface area contributed by atoms with E-state index in [4.69, 9.17) is 9.84 Å². The fourth-order valence-corrected chi connectivity index (χ4v) is 2.55. The van der Waals surface area contributed by atoms with Gasteiger partial charge in [0.1, 0.15) is 18.5 Å². The number of aryl methyl sites for hydroxylation is 1. The number of nitrogens with zero attached hydrogens (tertiary/aromatic N) is 4. The van der Waals surface area contributed by atoms with Crippen LogP contribution in [0.1, 0.15) is 17.5 Å². The van der Waals surface area contributed by atoms with Gasteiger partial charge in [-0.1, -0.05) is 0 Å². The molecule has 120 valence electrons. The van der Waals surface area contributed by atoms with E-state index in [1.807, 2.05) is 0 Å². The molecule has 0 spiro atoms. The van der Waals surface area contributed by atoms with Crippen LogP contribution in [0.15, 0.2) is 12.5 Å². The monoisotopic (exact) mass is 318 g/mol. The molecule has 0 amide bonds. The Morgan fingerprint density at radius 2 is 2.18 bits per heavy atom. The van der Waals surface area contributed by atoms with Crippen molar-refractivity contribution in [2.45, 2.75) is 37.3 Å². The Bertz CT molecular complexity index is 697. The third-order valence-electron chi connectivity index (χ3n) is 3.85. The first kappa shape index (κ1) is 15.1. The first-order valence-corrected chi connectivity index (χ1v) is 6.46. The summed E-state index contributed by atoms with van der Waals surface area (Å²) >= 11 is 0. The zero-order valence-electron chi connectivity index (χ0n) is 11.4. The third kappa shape index (κ3) is 1.91. The normalized spacial score (nSPS) is 32.2. The van der Waals surface area contributed by atoms with Crippen molar-refractivity contribution in [2.24, 2.45) is 0 Å². The molecule has 3 heterocycles. The predicted molar refractivity (Wildman–Crippen MR) is 66.1 cm³/mol. The van der Waals surface area contributed by atoms with Gasteiger partial charge < -0.3 is 14.9 Å². The van der Waals surface area contributed by atoms with Gasteiger partial charge in [0.05, 0.1) is 24.2 Å². The lowest BCUT2D eigenvalue weighted by Gasteiger charge is -2.28. The summed E-state index contributed by atoms with van der Waals surface area (Å²) in [6.07, 6.45) is -6.68. The first-order chi connectivity index (χ1) is 10.4. The Kier molecular flexibility index (Phi) is 3.54. The minimum atomic E-state index is -3.26. The summed E-state index contributed by atoms with van der Waals surface area (Å²) in [4.78, 5) is 7.92. The highest BCUT2D eigenvalue weighted by Crippen LogP contribution is 2.44. The first-order valence-electron chi connectivity index (χ1n) is 6.46. The number of hydrogen-bond donors (Lipinski definition) is 2. The Morgan fingerprint density at radius 1 is 1.45 bits per heavy atom. The summed E-state index contributed by atoms with van der Waals surface area (Å²) in [7, 11) is 0. The Balaban J connectivity index is 2.06. The van der Waals surface area contributed by atoms with Crippen molar-refractivity contribution in [1.29, 1.82) is 0 Å². The Morgan fingerprint density at radius 3 is 2.77 bits per heavy atom. The molecule has 10 heteroatoms. The SMILES string of the molecule is Cc1ncnn2c([C@@H]3O[C@@](CO)(C(F)F)[C@@H](O)[C@H]3F)cnc12. The highest BCUT2D eigenvalue weighted by atomic mass is 19.3. The molecular weight excluding hydrogens is 305 g/mol. The molecule has 2 aromatic heterocycles. The summed E-state index contributed by atoms with van der Waals surface area (Å²) in [5.41, 5.74) is -1.78. The second-order valence-electron chi connectivity index (χ2n) is 5.11. The molecule has 1 fully saturated rings. The molecule has 1 aliphatic rings. The molecule has 0 bridgehead atoms. The molecule has 1 saturated heterocycles. The van der Waals surface area contributed by atoms with Crippen LogP contribution in [0.3, 0.4) is 0 Å². The maximum Gasteiger partial charge on any atom is 0.272 e. The summed E-state index contributed by atoms with van der Waals surface area (Å²) in [5.74, 6) is 0. The van der Waals surface area contributed by atoms with Gasteiger partial charge in [0.15, 0.2) is 17.4 Å². The van der Waals surface area contributed by atoms with Crippen molar-refractivity contribution in [3.63, 3.8) is 0 Å². The smallest absolute Gasteiger partial charge is 0.272 e. The van der Waals surface area contributed by atoms with Gasteiger partial charge in [0, 0.05) is 0 Å². The van der Waals surface area contributed by atoms with Gasteiger partial charge in [0.25, 0.3) is 6.43 Å². The molecule has 3 rings (SSSR count). The lowest BCUT2D eigenvalue weighted by atomic mass is 9.96. The summed E-state index contributed by atoms with van der Waals surface area (Å²) in [6, 6.07) is 0. The quantitative estimate of drug-likeness (QED) is 0.840. The number of aromatic nitrogens is 4. The van der Waals surface area contributed by atoms with E-state index >= 15 is 0 Å². The van der Waals surface area contributed by atoms with E-state index in [1.165, 1.54) is 17.0 Å². The van der Waals surface area contributed by atoms with Crippen LogP contribution < -0.4 is 0 Å². The van der Waals surface area contributed by atoms with Gasteiger partial charge in [-0.25, -0.2) is 27.7 Å². The lowest BCUT2D eigenvalue weighted by molar-refractivity contribution is -0.186. The predicted octanol–water partition coefficient (Wildman–Crippen LogP) is 0.199. The van der Waals surface area contributed by atoms with Crippen LogP contribution in [0.4, 0.5) is 13.2 Å². The zero-order valence-corrected chi connectivity index (χ0v) is 11.4. The average Bonchev–Trinajstić information content (AvgIpc) is 3.02. The van der Waals surface area contributed by atoms with Gasteiger partial charge in [-0.05, 0) is 6.92 Å². The summed E-state index contributed by atoms with van der Waals surface area (Å²) in [6.45, 7) is 0.440. The number of alkyl halides is 3. The van der Waals surface area contributed by atoms with Crippen molar-refractivity contribution in [1.82, 2.24) is 19.6 Å². The van der Waals surface area contributed by atoms with Crippen LogP contribution in [0, 0.1) is 6.92 Å². The number of rotatable bonds is 3. The maximum absolute atomic E-state index is 14.3. The van der Waals surface area contributed by atoms with Crippen LogP contribution >= 0.6 is 0 Å². The number of fused-ring (bicyclic) bond motifs is 1. The van der Waals surface area contributed by atoms with E-state index in [-0.39, 0.29) is 5.69 Å². The highest BCUT2D eigenvalue weighted by Gasteiger charge is 2.61. The largest absolute Gasteiger partial charge is 0.393 e. The molecule has 2 N–H and O–H groups in total. The van der Waals surface area contributed by atoms with E-state index in [9.17, 15) is 18.3 Å². The second kappa shape index (κ2) is 5.14. The van der Waals surface area contributed by atoms with Gasteiger partial charge >= 0.3 is 0 Å². The van der Waals surface area contributed by atoms with E-state index in [0.717, 1.165) is 0 Å². The van der Waals surface area contributed by atoms with Crippen molar-refractivity contribution in [2.75, 3.05) is 6.61 Å². The fourth-order valence-electron chi connectivity index (χ4n) is 2.55.